The van der Waals surface area contributed by atoms with Gasteiger partial charge in [-0.05, 0) is 31.4 Å². The molecule has 8 heteroatoms. The maximum absolute atomic E-state index is 11.8. The summed E-state index contributed by atoms with van der Waals surface area (Å²) in [6, 6.07) is 6.12. The molecule has 2 amide bonds. The normalized spacial score (nSPS) is 14.6. The van der Waals surface area contributed by atoms with Crippen LogP contribution in [0.3, 0.4) is 0 Å². The number of nitrogens with zero attached hydrogens (tertiary/aromatic N) is 2. The third-order valence-corrected chi connectivity index (χ3v) is 4.36. The number of piperidine rings is 1. The van der Waals surface area contributed by atoms with E-state index in [2.05, 4.69) is 28.6 Å². The number of rotatable bonds is 7. The van der Waals surface area contributed by atoms with Gasteiger partial charge in [0.15, 0.2) is 5.96 Å². The number of hydrogen-bond acceptors (Lipinski definition) is 4. The molecule has 0 bridgehead atoms. The Bertz CT molecular complexity index is 663. The second-order valence-corrected chi connectivity index (χ2v) is 6.28. The van der Waals surface area contributed by atoms with Crippen LogP contribution in [0.2, 0.25) is 0 Å². The van der Waals surface area contributed by atoms with Crippen LogP contribution >= 0.6 is 24.0 Å². The Morgan fingerprint density at radius 3 is 2.48 bits per heavy atom. The number of likely N-dealkylation sites (tertiary alicyclic amines) is 1. The van der Waals surface area contributed by atoms with Crippen molar-refractivity contribution < 1.29 is 14.3 Å². The van der Waals surface area contributed by atoms with Crippen molar-refractivity contribution in [3.63, 3.8) is 0 Å². The van der Waals surface area contributed by atoms with Crippen molar-refractivity contribution >= 4 is 41.8 Å². The van der Waals surface area contributed by atoms with Gasteiger partial charge in [0.2, 0.25) is 11.8 Å². The molecule has 7 nitrogen and oxygen atoms in total. The molecule has 1 aromatic rings. The number of amides is 2. The highest BCUT2D eigenvalue weighted by Gasteiger charge is 2.25. The van der Waals surface area contributed by atoms with Crippen molar-refractivity contribution in [3.8, 4) is 5.75 Å². The van der Waals surface area contributed by atoms with E-state index >= 15 is 0 Å². The van der Waals surface area contributed by atoms with Gasteiger partial charge in [0.1, 0.15) is 5.75 Å². The number of aliphatic imine (C=N–C) groups is 1. The lowest BCUT2D eigenvalue weighted by Crippen LogP contribution is -2.46. The van der Waals surface area contributed by atoms with Gasteiger partial charge in [-0.2, -0.15) is 0 Å². The Balaban J connectivity index is 0.00000364. The molecule has 150 valence electrons. The molecule has 2 N–H and O–H groups in total. The zero-order chi connectivity index (χ0) is 18.9. The van der Waals surface area contributed by atoms with Crippen molar-refractivity contribution in [1.29, 1.82) is 0 Å². The molecule has 1 heterocycles. The Labute approximate surface area is 178 Å². The Morgan fingerprint density at radius 1 is 1.19 bits per heavy atom. The molecule has 1 aliphatic rings. The fourth-order valence-corrected chi connectivity index (χ4v) is 2.97. The summed E-state index contributed by atoms with van der Waals surface area (Å²) in [6.45, 7) is 3.59. The van der Waals surface area contributed by atoms with E-state index in [1.165, 1.54) is 10.5 Å². The minimum atomic E-state index is -0.0856. The van der Waals surface area contributed by atoms with Gasteiger partial charge in [0, 0.05) is 39.5 Å². The van der Waals surface area contributed by atoms with Crippen LogP contribution in [0.1, 0.15) is 30.4 Å². The predicted molar refractivity (Wildman–Crippen MR) is 117 cm³/mol. The molecule has 0 spiro atoms. The van der Waals surface area contributed by atoms with Gasteiger partial charge < -0.3 is 15.4 Å². The Morgan fingerprint density at radius 2 is 1.85 bits per heavy atom. The number of aryl methyl sites for hydroxylation is 1. The van der Waals surface area contributed by atoms with Crippen LogP contribution in [0.5, 0.6) is 5.75 Å². The zero-order valence-corrected chi connectivity index (χ0v) is 18.5. The maximum atomic E-state index is 11.8. The zero-order valence-electron chi connectivity index (χ0n) is 16.2. The molecule has 0 aliphatic carbocycles. The molecule has 0 saturated carbocycles. The van der Waals surface area contributed by atoms with E-state index in [9.17, 15) is 9.59 Å². The molecule has 0 radical (unpaired) electrons. The van der Waals surface area contributed by atoms with Crippen molar-refractivity contribution in [2.45, 2.75) is 32.6 Å². The van der Waals surface area contributed by atoms with Gasteiger partial charge in [-0.1, -0.05) is 17.7 Å². The molecule has 1 saturated heterocycles. The Hall–Kier alpha value is -1.84. The fraction of sp³-hybridized carbons (Fsp3) is 0.526. The first kappa shape index (κ1) is 23.2. The predicted octanol–water partition coefficient (Wildman–Crippen LogP) is 1.87. The van der Waals surface area contributed by atoms with Gasteiger partial charge in [0.25, 0.3) is 0 Å². The lowest BCUT2D eigenvalue weighted by Gasteiger charge is -2.25. The lowest BCUT2D eigenvalue weighted by molar-refractivity contribution is -0.147. The molecule has 1 aromatic carbocycles. The van der Waals surface area contributed by atoms with E-state index in [0.717, 1.165) is 17.7 Å². The molecule has 0 aromatic heterocycles. The first-order valence-electron chi connectivity index (χ1n) is 8.96. The number of guanidine groups is 1. The summed E-state index contributed by atoms with van der Waals surface area (Å²) in [4.78, 5) is 29.1. The third kappa shape index (κ3) is 7.00. The Kier molecular flexibility index (Phi) is 10.1. The smallest absolute Gasteiger partial charge is 0.229 e. The van der Waals surface area contributed by atoms with Crippen molar-refractivity contribution in [1.82, 2.24) is 15.5 Å². The number of hydrogen-bond donors (Lipinski definition) is 2. The summed E-state index contributed by atoms with van der Waals surface area (Å²) in [5.41, 5.74) is 2.33. The van der Waals surface area contributed by atoms with Gasteiger partial charge in [-0.25, -0.2) is 0 Å². The number of carbonyl (C=O) groups excluding carboxylic acids is 2. The molecule has 0 atom stereocenters. The van der Waals surface area contributed by atoms with E-state index < -0.39 is 0 Å². The second-order valence-electron chi connectivity index (χ2n) is 6.28. The number of ether oxygens (including phenoxy) is 1. The molecule has 1 aliphatic heterocycles. The fourth-order valence-electron chi connectivity index (χ4n) is 2.97. The van der Waals surface area contributed by atoms with E-state index in [1.54, 1.807) is 14.2 Å². The van der Waals surface area contributed by atoms with Crippen molar-refractivity contribution in [2.24, 2.45) is 4.99 Å². The van der Waals surface area contributed by atoms with Gasteiger partial charge in [-0.3, -0.25) is 19.5 Å². The van der Waals surface area contributed by atoms with E-state index in [0.29, 0.717) is 44.9 Å². The van der Waals surface area contributed by atoms with Crippen molar-refractivity contribution in [3.05, 3.63) is 29.3 Å². The molecule has 0 unspecified atom stereocenters. The summed E-state index contributed by atoms with van der Waals surface area (Å²) >= 11 is 0. The number of carbonyl (C=O) groups is 2. The van der Waals surface area contributed by atoms with Crippen LogP contribution in [0, 0.1) is 6.92 Å². The summed E-state index contributed by atoms with van der Waals surface area (Å²) in [5.74, 6) is 1.35. The minimum Gasteiger partial charge on any atom is -0.496 e. The van der Waals surface area contributed by atoms with E-state index in [1.807, 2.05) is 12.1 Å². The quantitative estimate of drug-likeness (QED) is 0.265. The molecule has 2 rings (SSSR count). The van der Waals surface area contributed by atoms with E-state index in [-0.39, 0.29) is 35.8 Å². The van der Waals surface area contributed by atoms with Crippen LogP contribution in [-0.4, -0.2) is 56.5 Å². The van der Waals surface area contributed by atoms with Gasteiger partial charge in [0.05, 0.1) is 7.11 Å². The SMILES string of the molecule is CN=C(NCCc1cc(C)ccc1OC)NCCN1C(=O)CCCC1=O.I. The van der Waals surface area contributed by atoms with Crippen LogP contribution < -0.4 is 15.4 Å². The summed E-state index contributed by atoms with van der Waals surface area (Å²) in [7, 11) is 3.37. The first-order valence-corrected chi connectivity index (χ1v) is 8.96. The summed E-state index contributed by atoms with van der Waals surface area (Å²) in [5, 5.41) is 6.39. The third-order valence-electron chi connectivity index (χ3n) is 4.36. The van der Waals surface area contributed by atoms with E-state index in [4.69, 9.17) is 4.74 Å². The minimum absolute atomic E-state index is 0. The maximum Gasteiger partial charge on any atom is 0.229 e. The second kappa shape index (κ2) is 11.8. The molecule has 27 heavy (non-hydrogen) atoms. The summed E-state index contributed by atoms with van der Waals surface area (Å²) < 4.78 is 5.39. The number of benzene rings is 1. The van der Waals surface area contributed by atoms with Crippen molar-refractivity contribution in [2.75, 3.05) is 33.8 Å². The molecule has 1 fully saturated rings. The standard InChI is InChI=1S/C19H28N4O3.HI/c1-14-7-8-16(26-3)15(13-14)9-10-21-19(20-2)22-11-12-23-17(24)5-4-6-18(23)25;/h7-8,13H,4-6,9-12H2,1-3H3,(H2,20,21,22);1H. The summed E-state index contributed by atoms with van der Waals surface area (Å²) in [6.07, 6.45) is 2.37. The highest BCUT2D eigenvalue weighted by Crippen LogP contribution is 2.19. The van der Waals surface area contributed by atoms with Crippen LogP contribution in [0.25, 0.3) is 0 Å². The molecular formula is C19H29IN4O3. The average molecular weight is 488 g/mol. The van der Waals surface area contributed by atoms with Crippen LogP contribution in [0.4, 0.5) is 0 Å². The van der Waals surface area contributed by atoms with Gasteiger partial charge >= 0.3 is 0 Å². The first-order chi connectivity index (χ1) is 12.5. The molecular weight excluding hydrogens is 459 g/mol. The number of imide groups is 1. The monoisotopic (exact) mass is 488 g/mol. The van der Waals surface area contributed by atoms with Crippen LogP contribution in [-0.2, 0) is 16.0 Å². The lowest BCUT2D eigenvalue weighted by atomic mass is 10.1. The number of nitrogens with one attached hydrogen (secondary N) is 2. The largest absolute Gasteiger partial charge is 0.496 e. The number of methoxy groups -OCH3 is 1. The number of halogens is 1. The average Bonchev–Trinajstić information content (AvgIpc) is 2.63. The topological polar surface area (TPSA) is 83.0 Å². The highest BCUT2D eigenvalue weighted by molar-refractivity contribution is 14.0. The van der Waals surface area contributed by atoms with Gasteiger partial charge in [-0.15, -0.1) is 24.0 Å². The highest BCUT2D eigenvalue weighted by atomic mass is 127. The van der Waals surface area contributed by atoms with Crippen LogP contribution in [0.15, 0.2) is 23.2 Å².